The van der Waals surface area contributed by atoms with E-state index in [0.717, 1.165) is 5.56 Å². The van der Waals surface area contributed by atoms with Crippen molar-refractivity contribution < 1.29 is 31.6 Å². The van der Waals surface area contributed by atoms with Crippen LogP contribution in [0.15, 0.2) is 29.2 Å². The van der Waals surface area contributed by atoms with Gasteiger partial charge >= 0.3 is 0 Å². The van der Waals surface area contributed by atoms with E-state index in [1.54, 1.807) is 19.1 Å². The standard InChI is InChI=1S/C23H35N3O7S2/c1-21(2,3)14-7-9-15(10-8-14)34(30,31)24-13-17(20(28)25-29)26-35(32,33)18-16-11-12-23(6,19(18)27)22(16,4)5/h7-10,16-18,24,26,29H,11-13H2,1-6H3,(H,25,28). The predicted octanol–water partition coefficient (Wildman–Crippen LogP) is 1.45. The topological polar surface area (TPSA) is 159 Å². The van der Waals surface area contributed by atoms with Gasteiger partial charge in [-0.3, -0.25) is 14.8 Å². The van der Waals surface area contributed by atoms with Gasteiger partial charge in [0.05, 0.1) is 4.90 Å². The molecule has 1 amide bonds. The Morgan fingerprint density at radius 1 is 1.11 bits per heavy atom. The van der Waals surface area contributed by atoms with Crippen molar-refractivity contribution in [2.24, 2.45) is 16.7 Å². The Morgan fingerprint density at radius 2 is 1.69 bits per heavy atom. The van der Waals surface area contributed by atoms with E-state index >= 15 is 0 Å². The number of carbonyl (C=O) groups is 2. The molecule has 12 heteroatoms. The van der Waals surface area contributed by atoms with Crippen LogP contribution >= 0.6 is 0 Å². The molecule has 0 spiro atoms. The molecule has 4 N–H and O–H groups in total. The Bertz CT molecular complexity index is 1220. The molecule has 10 nitrogen and oxygen atoms in total. The summed E-state index contributed by atoms with van der Waals surface area (Å²) in [6, 6.07) is 4.53. The van der Waals surface area contributed by atoms with Crippen molar-refractivity contribution >= 4 is 31.7 Å². The zero-order chi connectivity index (χ0) is 26.6. The molecule has 0 radical (unpaired) electrons. The minimum absolute atomic E-state index is 0.0607. The Balaban J connectivity index is 1.79. The SMILES string of the molecule is CC(C)(C)c1ccc(S(=O)(=O)NCC(NS(=O)(=O)C2C(=O)C3(C)CCC2C3(C)C)C(=O)NO)cc1. The van der Waals surface area contributed by atoms with Gasteiger partial charge in [-0.2, -0.15) is 0 Å². The van der Waals surface area contributed by atoms with Crippen LogP contribution in [-0.4, -0.2) is 51.6 Å². The zero-order valence-corrected chi connectivity index (χ0v) is 22.5. The van der Waals surface area contributed by atoms with Gasteiger partial charge < -0.3 is 0 Å². The fourth-order valence-electron chi connectivity index (χ4n) is 5.31. The van der Waals surface area contributed by atoms with Crippen molar-refractivity contribution in [1.82, 2.24) is 14.9 Å². The summed E-state index contributed by atoms with van der Waals surface area (Å²) in [4.78, 5) is 25.3. The van der Waals surface area contributed by atoms with Crippen LogP contribution < -0.4 is 14.9 Å². The molecule has 2 aliphatic carbocycles. The summed E-state index contributed by atoms with van der Waals surface area (Å²) in [5.41, 5.74) is 0.765. The summed E-state index contributed by atoms with van der Waals surface area (Å²) in [6.45, 7) is 10.8. The first kappa shape index (κ1) is 27.7. The summed E-state index contributed by atoms with van der Waals surface area (Å²) in [5.74, 6) is -2.00. The molecule has 0 heterocycles. The van der Waals surface area contributed by atoms with Crippen LogP contribution in [0.2, 0.25) is 0 Å². The zero-order valence-electron chi connectivity index (χ0n) is 20.9. The van der Waals surface area contributed by atoms with Gasteiger partial charge in [0, 0.05) is 12.0 Å². The largest absolute Gasteiger partial charge is 0.298 e. The molecule has 3 rings (SSSR count). The first-order valence-electron chi connectivity index (χ1n) is 11.5. The van der Waals surface area contributed by atoms with Crippen molar-refractivity contribution in [1.29, 1.82) is 0 Å². The molecule has 2 bridgehead atoms. The number of rotatable bonds is 8. The molecule has 0 saturated heterocycles. The van der Waals surface area contributed by atoms with Gasteiger partial charge in [0.1, 0.15) is 11.3 Å². The molecule has 0 aliphatic heterocycles. The maximum atomic E-state index is 13.2. The fraction of sp³-hybridized carbons (Fsp3) is 0.652. The van der Waals surface area contributed by atoms with Gasteiger partial charge in [-0.1, -0.05) is 53.7 Å². The summed E-state index contributed by atoms with van der Waals surface area (Å²) >= 11 is 0. The van der Waals surface area contributed by atoms with Gasteiger partial charge in [-0.25, -0.2) is 31.8 Å². The molecule has 1 aromatic carbocycles. The normalized spacial score (nSPS) is 27.1. The fourth-order valence-corrected chi connectivity index (χ4v) is 8.54. The van der Waals surface area contributed by atoms with Gasteiger partial charge in [0.25, 0.3) is 5.91 Å². The quantitative estimate of drug-likeness (QED) is 0.293. The Morgan fingerprint density at radius 3 is 2.14 bits per heavy atom. The first-order chi connectivity index (χ1) is 15.9. The van der Waals surface area contributed by atoms with Crippen LogP contribution in [0.25, 0.3) is 0 Å². The van der Waals surface area contributed by atoms with Crippen LogP contribution in [0.1, 0.15) is 59.9 Å². The van der Waals surface area contributed by atoms with E-state index in [2.05, 4.69) is 9.44 Å². The highest BCUT2D eigenvalue weighted by molar-refractivity contribution is 7.91. The van der Waals surface area contributed by atoms with E-state index in [0.29, 0.717) is 12.8 Å². The lowest BCUT2D eigenvalue weighted by molar-refractivity contribution is -0.131. The second kappa shape index (κ2) is 8.91. The molecule has 196 valence electrons. The third kappa shape index (κ3) is 4.78. The monoisotopic (exact) mass is 529 g/mol. The van der Waals surface area contributed by atoms with Crippen molar-refractivity contribution in [3.8, 4) is 0 Å². The number of fused-ring (bicyclic) bond motifs is 2. The number of hydrogen-bond acceptors (Lipinski definition) is 7. The van der Waals surface area contributed by atoms with Crippen LogP contribution in [0.5, 0.6) is 0 Å². The summed E-state index contributed by atoms with van der Waals surface area (Å²) < 4.78 is 56.4. The number of ketones is 1. The second-order valence-corrected chi connectivity index (χ2v) is 14.9. The molecule has 2 aliphatic rings. The molecule has 35 heavy (non-hydrogen) atoms. The van der Waals surface area contributed by atoms with E-state index in [9.17, 15) is 26.4 Å². The smallest absolute Gasteiger partial charge is 0.262 e. The molecule has 2 saturated carbocycles. The lowest BCUT2D eigenvalue weighted by Crippen LogP contribution is -2.55. The van der Waals surface area contributed by atoms with Gasteiger partial charge in [-0.05, 0) is 47.3 Å². The lowest BCUT2D eigenvalue weighted by Gasteiger charge is -2.32. The number of hydroxylamine groups is 1. The predicted molar refractivity (Wildman–Crippen MR) is 130 cm³/mol. The number of benzene rings is 1. The molecule has 4 unspecified atom stereocenters. The number of hydrogen-bond donors (Lipinski definition) is 4. The maximum Gasteiger partial charge on any atom is 0.262 e. The average Bonchev–Trinajstić information content (AvgIpc) is 3.08. The van der Waals surface area contributed by atoms with Crippen LogP contribution in [0, 0.1) is 16.7 Å². The van der Waals surface area contributed by atoms with E-state index in [1.807, 2.05) is 34.6 Å². The third-order valence-corrected chi connectivity index (χ3v) is 11.3. The van der Waals surface area contributed by atoms with Crippen molar-refractivity contribution in [3.05, 3.63) is 29.8 Å². The summed E-state index contributed by atoms with van der Waals surface area (Å²) in [6.07, 6.45) is 1.14. The Kier molecular flexibility index (Phi) is 7.06. The Labute approximate surface area is 207 Å². The van der Waals surface area contributed by atoms with Crippen LogP contribution in [0.3, 0.4) is 0 Å². The number of Topliss-reactive ketones (excluding diaryl/α,β-unsaturated/α-hetero) is 1. The molecule has 4 atom stereocenters. The summed E-state index contributed by atoms with van der Waals surface area (Å²) in [5, 5.41) is 7.77. The van der Waals surface area contributed by atoms with Gasteiger partial charge in [-0.15, -0.1) is 0 Å². The van der Waals surface area contributed by atoms with E-state index in [1.165, 1.54) is 17.6 Å². The third-order valence-electron chi connectivity index (χ3n) is 8.05. The number of amides is 1. The highest BCUT2D eigenvalue weighted by Crippen LogP contribution is 2.64. The Hall–Kier alpha value is -1.86. The molecule has 2 fully saturated rings. The van der Waals surface area contributed by atoms with E-state index < -0.39 is 66.3 Å². The minimum Gasteiger partial charge on any atom is -0.298 e. The molecule has 1 aromatic rings. The van der Waals surface area contributed by atoms with E-state index in [4.69, 9.17) is 5.21 Å². The highest BCUT2D eigenvalue weighted by atomic mass is 32.2. The lowest BCUT2D eigenvalue weighted by atomic mass is 9.70. The van der Waals surface area contributed by atoms with Crippen molar-refractivity contribution in [3.63, 3.8) is 0 Å². The van der Waals surface area contributed by atoms with Crippen LogP contribution in [-0.2, 0) is 35.1 Å². The van der Waals surface area contributed by atoms with Crippen LogP contribution in [0.4, 0.5) is 0 Å². The first-order valence-corrected chi connectivity index (χ1v) is 14.5. The molecular formula is C23H35N3O7S2. The number of sulfonamides is 2. The van der Waals surface area contributed by atoms with E-state index in [-0.39, 0.29) is 10.3 Å². The van der Waals surface area contributed by atoms with Crippen molar-refractivity contribution in [2.45, 2.75) is 76.0 Å². The van der Waals surface area contributed by atoms with Gasteiger partial charge in [0.2, 0.25) is 20.0 Å². The van der Waals surface area contributed by atoms with Crippen molar-refractivity contribution in [2.75, 3.05) is 6.54 Å². The average molecular weight is 530 g/mol. The number of carbonyl (C=O) groups excluding carboxylic acids is 2. The van der Waals surface area contributed by atoms with Gasteiger partial charge in [0.15, 0.2) is 5.78 Å². The molecular weight excluding hydrogens is 494 g/mol. The maximum absolute atomic E-state index is 13.2. The minimum atomic E-state index is -4.36. The molecule has 0 aromatic heterocycles. The second-order valence-electron chi connectivity index (χ2n) is 11.3. The number of nitrogens with one attached hydrogen (secondary N) is 3. The highest BCUT2D eigenvalue weighted by Gasteiger charge is 2.69. The summed E-state index contributed by atoms with van der Waals surface area (Å²) in [7, 11) is -8.46.